The largest absolute Gasteiger partial charge is 0.494 e. The van der Waals surface area contributed by atoms with Gasteiger partial charge in [-0.1, -0.05) is 6.07 Å². The van der Waals surface area contributed by atoms with E-state index < -0.39 is 0 Å². The Kier molecular flexibility index (Phi) is 3.50. The van der Waals surface area contributed by atoms with Gasteiger partial charge in [-0.05, 0) is 42.3 Å². The monoisotopic (exact) mass is 289 g/mol. The number of rotatable bonds is 4. The average molecular weight is 289 g/mol. The van der Waals surface area contributed by atoms with Crippen LogP contribution in [0.3, 0.4) is 0 Å². The van der Waals surface area contributed by atoms with Crippen molar-refractivity contribution >= 4 is 5.69 Å². The highest BCUT2D eigenvalue weighted by Crippen LogP contribution is 2.34. The topological polar surface area (TPSA) is 88.1 Å². The average Bonchev–Trinajstić information content (AvgIpc) is 3.08. The number of ether oxygens (including phenoxy) is 2. The number of nitrogens with two attached hydrogens (primary N) is 1. The predicted molar refractivity (Wildman–Crippen MR) is 77.8 cm³/mol. The Morgan fingerprint density at radius 1 is 1.48 bits per heavy atom. The number of hydrogen-bond acceptors (Lipinski definition) is 6. The molecule has 0 aliphatic carbocycles. The van der Waals surface area contributed by atoms with Gasteiger partial charge in [0.25, 0.3) is 0 Å². The Morgan fingerprint density at radius 2 is 2.33 bits per heavy atom. The summed E-state index contributed by atoms with van der Waals surface area (Å²) in [7, 11) is 1.59. The molecule has 2 N–H and O–H groups in total. The highest BCUT2D eigenvalue weighted by atomic mass is 16.5. The van der Waals surface area contributed by atoms with E-state index in [2.05, 4.69) is 22.4 Å². The molecule has 1 aliphatic heterocycles. The van der Waals surface area contributed by atoms with Gasteiger partial charge in [0.2, 0.25) is 0 Å². The zero-order valence-electron chi connectivity index (χ0n) is 12.2. The van der Waals surface area contributed by atoms with Crippen molar-refractivity contribution in [3.63, 3.8) is 0 Å². The minimum absolute atomic E-state index is 0.225. The van der Waals surface area contributed by atoms with E-state index in [9.17, 15) is 0 Å². The molecule has 1 unspecified atom stereocenters. The van der Waals surface area contributed by atoms with Crippen LogP contribution in [-0.4, -0.2) is 39.5 Å². The van der Waals surface area contributed by atoms with Crippen LogP contribution < -0.4 is 10.5 Å². The van der Waals surface area contributed by atoms with Gasteiger partial charge < -0.3 is 15.2 Å². The minimum atomic E-state index is -0.225. The molecule has 1 aromatic heterocycles. The number of nitrogen functional groups attached to an aromatic ring is 1. The van der Waals surface area contributed by atoms with Gasteiger partial charge in [-0.25, -0.2) is 4.68 Å². The van der Waals surface area contributed by atoms with Gasteiger partial charge in [-0.3, -0.25) is 0 Å². The Balaban J connectivity index is 1.98. The van der Waals surface area contributed by atoms with Crippen LogP contribution in [0.25, 0.3) is 11.4 Å². The smallest absolute Gasteiger partial charge is 0.185 e. The molecule has 112 valence electrons. The molecule has 0 bridgehead atoms. The lowest BCUT2D eigenvalue weighted by molar-refractivity contribution is 0.00355. The quantitative estimate of drug-likeness (QED) is 0.858. The summed E-state index contributed by atoms with van der Waals surface area (Å²) in [5.74, 6) is 1.22. The molecule has 0 radical (unpaired) electrons. The van der Waals surface area contributed by atoms with Crippen molar-refractivity contribution in [3.05, 3.63) is 18.2 Å². The molecule has 0 spiro atoms. The molecule has 1 atom stereocenters. The number of hydrogen-bond donors (Lipinski definition) is 1. The summed E-state index contributed by atoms with van der Waals surface area (Å²) in [4.78, 5) is 0. The summed E-state index contributed by atoms with van der Waals surface area (Å²) in [6, 6.07) is 5.55. The van der Waals surface area contributed by atoms with E-state index in [1.165, 1.54) is 0 Å². The number of tetrazole rings is 1. The molecule has 7 heteroatoms. The molecule has 1 aliphatic rings. The maximum Gasteiger partial charge on any atom is 0.185 e. The minimum Gasteiger partial charge on any atom is -0.494 e. The van der Waals surface area contributed by atoms with Gasteiger partial charge in [0.1, 0.15) is 0 Å². The van der Waals surface area contributed by atoms with Crippen LogP contribution in [-0.2, 0) is 11.3 Å². The van der Waals surface area contributed by atoms with Gasteiger partial charge in [0, 0.05) is 6.61 Å². The SMILES string of the molecule is COc1c(N)cccc1-c1nnnn1CC1(C)CCCO1. The Labute approximate surface area is 123 Å². The van der Waals surface area contributed by atoms with Crippen molar-refractivity contribution in [3.8, 4) is 17.1 Å². The van der Waals surface area contributed by atoms with E-state index in [0.717, 1.165) is 25.0 Å². The van der Waals surface area contributed by atoms with Crippen molar-refractivity contribution in [1.29, 1.82) is 0 Å². The van der Waals surface area contributed by atoms with E-state index >= 15 is 0 Å². The molecular weight excluding hydrogens is 270 g/mol. The Bertz CT molecular complexity index is 634. The molecular formula is C14H19N5O2. The molecule has 2 aromatic rings. The number of nitrogens with zero attached hydrogens (tertiary/aromatic N) is 4. The highest BCUT2D eigenvalue weighted by molar-refractivity contribution is 5.73. The summed E-state index contributed by atoms with van der Waals surface area (Å²) in [6.07, 6.45) is 2.07. The fourth-order valence-electron chi connectivity index (χ4n) is 2.74. The van der Waals surface area contributed by atoms with Crippen molar-refractivity contribution in [2.75, 3.05) is 19.5 Å². The van der Waals surface area contributed by atoms with Crippen LogP contribution in [0.1, 0.15) is 19.8 Å². The van der Waals surface area contributed by atoms with Crippen LogP contribution in [0.4, 0.5) is 5.69 Å². The summed E-state index contributed by atoms with van der Waals surface area (Å²) < 4.78 is 13.0. The maximum atomic E-state index is 5.95. The Morgan fingerprint density at radius 3 is 3.05 bits per heavy atom. The highest BCUT2D eigenvalue weighted by Gasteiger charge is 2.32. The fraction of sp³-hybridized carbons (Fsp3) is 0.500. The van der Waals surface area contributed by atoms with Crippen molar-refractivity contribution in [2.24, 2.45) is 0 Å². The van der Waals surface area contributed by atoms with Gasteiger partial charge >= 0.3 is 0 Å². The number of methoxy groups -OCH3 is 1. The van der Waals surface area contributed by atoms with E-state index in [0.29, 0.717) is 23.8 Å². The van der Waals surface area contributed by atoms with Crippen molar-refractivity contribution in [1.82, 2.24) is 20.2 Å². The van der Waals surface area contributed by atoms with E-state index in [4.69, 9.17) is 15.2 Å². The molecule has 7 nitrogen and oxygen atoms in total. The van der Waals surface area contributed by atoms with Crippen LogP contribution in [0.5, 0.6) is 5.75 Å². The van der Waals surface area contributed by atoms with Crippen LogP contribution in [0, 0.1) is 0 Å². The second-order valence-electron chi connectivity index (χ2n) is 5.49. The van der Waals surface area contributed by atoms with Crippen LogP contribution in [0.2, 0.25) is 0 Å². The van der Waals surface area contributed by atoms with E-state index in [-0.39, 0.29) is 5.60 Å². The zero-order chi connectivity index (χ0) is 14.9. The van der Waals surface area contributed by atoms with Crippen molar-refractivity contribution < 1.29 is 9.47 Å². The first-order chi connectivity index (χ1) is 10.1. The standard InChI is InChI=1S/C14H19N5O2/c1-14(7-4-8-21-14)9-19-13(16-17-18-19)10-5-3-6-11(15)12(10)20-2/h3,5-6H,4,7-9,15H2,1-2H3. The molecule has 3 rings (SSSR count). The van der Waals surface area contributed by atoms with Gasteiger partial charge in [0.15, 0.2) is 11.6 Å². The van der Waals surface area contributed by atoms with E-state index in [1.54, 1.807) is 17.9 Å². The van der Waals surface area contributed by atoms with Crippen LogP contribution >= 0.6 is 0 Å². The number of aromatic nitrogens is 4. The summed E-state index contributed by atoms with van der Waals surface area (Å²) in [5, 5.41) is 12.0. The lowest BCUT2D eigenvalue weighted by atomic mass is 10.0. The first kappa shape index (κ1) is 13.8. The van der Waals surface area contributed by atoms with Crippen LogP contribution in [0.15, 0.2) is 18.2 Å². The second-order valence-corrected chi connectivity index (χ2v) is 5.49. The van der Waals surface area contributed by atoms with Crippen molar-refractivity contribution in [2.45, 2.75) is 31.9 Å². The zero-order valence-corrected chi connectivity index (χ0v) is 12.2. The normalized spacial score (nSPS) is 21.6. The molecule has 0 amide bonds. The lowest BCUT2D eigenvalue weighted by Crippen LogP contribution is -2.30. The first-order valence-electron chi connectivity index (χ1n) is 6.96. The van der Waals surface area contributed by atoms with Gasteiger partial charge in [-0.2, -0.15) is 0 Å². The number of para-hydroxylation sites is 1. The number of anilines is 1. The van der Waals surface area contributed by atoms with Gasteiger partial charge in [0.05, 0.1) is 30.5 Å². The summed E-state index contributed by atoms with van der Waals surface area (Å²) in [5.41, 5.74) is 7.07. The lowest BCUT2D eigenvalue weighted by Gasteiger charge is -2.23. The van der Waals surface area contributed by atoms with E-state index in [1.807, 2.05) is 12.1 Å². The molecule has 0 saturated carbocycles. The maximum absolute atomic E-state index is 5.95. The second kappa shape index (κ2) is 5.33. The Hall–Kier alpha value is -2.15. The molecule has 1 fully saturated rings. The molecule has 1 aromatic carbocycles. The third-order valence-corrected chi connectivity index (χ3v) is 3.81. The predicted octanol–water partition coefficient (Wildman–Crippen LogP) is 1.50. The summed E-state index contributed by atoms with van der Waals surface area (Å²) >= 11 is 0. The van der Waals surface area contributed by atoms with Gasteiger partial charge in [-0.15, -0.1) is 5.10 Å². The number of benzene rings is 1. The molecule has 2 heterocycles. The first-order valence-corrected chi connectivity index (χ1v) is 6.96. The molecule has 1 saturated heterocycles. The molecule has 21 heavy (non-hydrogen) atoms. The third-order valence-electron chi connectivity index (χ3n) is 3.81. The third kappa shape index (κ3) is 2.56. The fourth-order valence-corrected chi connectivity index (χ4v) is 2.74. The summed E-state index contributed by atoms with van der Waals surface area (Å²) in [6.45, 7) is 3.48.